The molecule has 0 bridgehead atoms. The van der Waals surface area contributed by atoms with E-state index in [-0.39, 0.29) is 30.4 Å². The lowest BCUT2D eigenvalue weighted by Gasteiger charge is -2.51. The quantitative estimate of drug-likeness (QED) is 0.402. The Bertz CT molecular complexity index is 990. The van der Waals surface area contributed by atoms with E-state index in [4.69, 9.17) is 10.5 Å². The number of fused-ring (bicyclic) bond motifs is 5. The summed E-state index contributed by atoms with van der Waals surface area (Å²) in [6.45, 7) is 8.70. The number of hydrogen-bond acceptors (Lipinski definition) is 6. The number of esters is 1. The molecule has 6 nitrogen and oxygen atoms in total. The van der Waals surface area contributed by atoms with Crippen LogP contribution in [0.4, 0.5) is 0 Å². The molecular formula is C26H34N2O4. The third kappa shape index (κ3) is 4.18. The Hall–Kier alpha value is -3.02. The SMILES string of the molecule is C=N/C=C\N.CC(=O)OCC(=O)C1=CCC2C3CCC4=CC(=O)C=C[C@]4(C)C3=CC[C@]12C.[HH]. The number of aliphatic imine (C=N–C) groups is 1. The van der Waals surface area contributed by atoms with Gasteiger partial charge in [0.1, 0.15) is 0 Å². The molecule has 4 aliphatic carbocycles. The maximum Gasteiger partial charge on any atom is 0.303 e. The Morgan fingerprint density at radius 2 is 2.12 bits per heavy atom. The molecule has 4 aliphatic rings. The van der Waals surface area contributed by atoms with E-state index in [1.807, 2.05) is 6.08 Å². The number of carbonyl (C=O) groups excluding carboxylic acids is 3. The monoisotopic (exact) mass is 438 g/mol. The van der Waals surface area contributed by atoms with Crippen LogP contribution in [-0.4, -0.2) is 30.9 Å². The Labute approximate surface area is 191 Å². The summed E-state index contributed by atoms with van der Waals surface area (Å²) >= 11 is 0. The number of hydrogen-bond donors (Lipinski definition) is 1. The lowest BCUT2D eigenvalue weighted by Crippen LogP contribution is -2.43. The van der Waals surface area contributed by atoms with Crippen molar-refractivity contribution in [3.05, 3.63) is 59.5 Å². The maximum atomic E-state index is 12.7. The summed E-state index contributed by atoms with van der Waals surface area (Å²) in [4.78, 5) is 38.9. The third-order valence-electron chi connectivity index (χ3n) is 7.43. The predicted octanol–water partition coefficient (Wildman–Crippen LogP) is 4.25. The molecule has 4 rings (SSSR count). The lowest BCUT2D eigenvalue weighted by molar-refractivity contribution is -0.145. The summed E-state index contributed by atoms with van der Waals surface area (Å²) in [7, 11) is 0. The van der Waals surface area contributed by atoms with Gasteiger partial charge >= 0.3 is 5.97 Å². The van der Waals surface area contributed by atoms with E-state index in [2.05, 4.69) is 43.8 Å². The van der Waals surface area contributed by atoms with Gasteiger partial charge in [0.05, 0.1) is 0 Å². The fraction of sp³-hybridized carbons (Fsp3) is 0.462. The van der Waals surface area contributed by atoms with Crippen molar-refractivity contribution in [3.8, 4) is 0 Å². The smallest absolute Gasteiger partial charge is 0.303 e. The molecule has 0 aromatic rings. The van der Waals surface area contributed by atoms with Crippen molar-refractivity contribution < 1.29 is 20.5 Å². The number of carbonyl (C=O) groups is 3. The normalized spacial score (nSPS) is 32.3. The average molecular weight is 439 g/mol. The zero-order chi connectivity index (χ0) is 23.5. The molecule has 0 amide bonds. The standard InChI is InChI=1S/C23H26O4.C3H6N2.H2/c1-14(24)27-13-21(26)20-7-6-18-17-5-4-15-12-16(25)8-10-22(15,2)19(17)9-11-23(18,20)3;1-5-3-2-4;/h7-10,12,17-18H,4-6,11,13H2,1-3H3;2-3H,1,4H2;1H/b;3-2-;/t17?,18?,22-,23-;;/m0../s1. The van der Waals surface area contributed by atoms with Crippen molar-refractivity contribution in [3.63, 3.8) is 0 Å². The van der Waals surface area contributed by atoms with E-state index < -0.39 is 5.97 Å². The second-order valence-electron chi connectivity index (χ2n) is 9.22. The van der Waals surface area contributed by atoms with Crippen LogP contribution in [0, 0.1) is 22.7 Å². The highest BCUT2D eigenvalue weighted by molar-refractivity contribution is 6.01. The minimum absolute atomic E-state index is 0. The molecule has 1 fully saturated rings. The number of ketones is 2. The molecule has 32 heavy (non-hydrogen) atoms. The second kappa shape index (κ2) is 9.23. The average Bonchev–Trinajstić information content (AvgIpc) is 3.11. The van der Waals surface area contributed by atoms with Gasteiger partial charge in [0.25, 0.3) is 0 Å². The lowest BCUT2D eigenvalue weighted by atomic mass is 9.52. The third-order valence-corrected chi connectivity index (χ3v) is 7.43. The summed E-state index contributed by atoms with van der Waals surface area (Å²) in [5.41, 5.74) is 7.92. The Kier molecular flexibility index (Phi) is 6.82. The van der Waals surface area contributed by atoms with Crippen molar-refractivity contribution >= 4 is 24.3 Å². The van der Waals surface area contributed by atoms with Gasteiger partial charge in [0.2, 0.25) is 0 Å². The van der Waals surface area contributed by atoms with E-state index in [9.17, 15) is 14.4 Å². The molecule has 0 spiro atoms. The number of Topliss-reactive ketones (excluding diaryl/α,β-unsaturated/α-hetero) is 1. The minimum Gasteiger partial charge on any atom is -0.457 e. The topological polar surface area (TPSA) is 98.8 Å². The van der Waals surface area contributed by atoms with Gasteiger partial charge in [-0.1, -0.05) is 36.3 Å². The van der Waals surface area contributed by atoms with Gasteiger partial charge in [-0.05, 0) is 63.3 Å². The van der Waals surface area contributed by atoms with E-state index in [1.54, 1.807) is 6.08 Å². The summed E-state index contributed by atoms with van der Waals surface area (Å²) in [6, 6.07) is 0. The van der Waals surface area contributed by atoms with Crippen molar-refractivity contribution in [2.75, 3.05) is 6.61 Å². The summed E-state index contributed by atoms with van der Waals surface area (Å²) in [5, 5.41) is 0. The Morgan fingerprint density at radius 1 is 1.38 bits per heavy atom. The highest BCUT2D eigenvalue weighted by Gasteiger charge is 2.54. The first-order valence-corrected chi connectivity index (χ1v) is 11.0. The van der Waals surface area contributed by atoms with E-state index in [1.165, 1.54) is 30.5 Å². The molecule has 0 aliphatic heterocycles. The predicted molar refractivity (Wildman–Crippen MR) is 127 cm³/mol. The van der Waals surface area contributed by atoms with E-state index >= 15 is 0 Å². The zero-order valence-electron chi connectivity index (χ0n) is 19.1. The highest BCUT2D eigenvalue weighted by Crippen LogP contribution is 2.62. The minimum atomic E-state index is -0.423. The molecule has 0 heterocycles. The van der Waals surface area contributed by atoms with Crippen molar-refractivity contribution in [2.24, 2.45) is 33.4 Å². The molecule has 0 saturated heterocycles. The molecule has 0 aromatic carbocycles. The Morgan fingerprint density at radius 3 is 2.75 bits per heavy atom. The van der Waals surface area contributed by atoms with Crippen LogP contribution in [0.15, 0.2) is 64.5 Å². The Balaban J connectivity index is 0.000000583. The number of rotatable bonds is 4. The van der Waals surface area contributed by atoms with E-state index in [0.29, 0.717) is 11.8 Å². The van der Waals surface area contributed by atoms with Gasteiger partial charge in [0.15, 0.2) is 18.2 Å². The van der Waals surface area contributed by atoms with Crippen LogP contribution in [0.5, 0.6) is 0 Å². The second-order valence-corrected chi connectivity index (χ2v) is 9.22. The summed E-state index contributed by atoms with van der Waals surface area (Å²) in [6.07, 6.45) is 16.4. The van der Waals surface area contributed by atoms with Gasteiger partial charge in [-0.25, -0.2) is 0 Å². The van der Waals surface area contributed by atoms with Gasteiger partial charge in [-0.2, -0.15) is 0 Å². The number of nitrogens with two attached hydrogens (primary N) is 1. The molecule has 2 unspecified atom stereocenters. The van der Waals surface area contributed by atoms with Crippen molar-refractivity contribution in [2.45, 2.75) is 46.5 Å². The van der Waals surface area contributed by atoms with E-state index in [0.717, 1.165) is 31.3 Å². The molecule has 6 heteroatoms. The number of nitrogens with zero attached hydrogens (tertiary/aromatic N) is 1. The van der Waals surface area contributed by atoms with Crippen LogP contribution in [-0.2, 0) is 19.1 Å². The van der Waals surface area contributed by atoms with Gasteiger partial charge in [-0.15, -0.1) is 0 Å². The first-order chi connectivity index (χ1) is 15.2. The largest absolute Gasteiger partial charge is 0.457 e. The van der Waals surface area contributed by atoms with Crippen molar-refractivity contribution in [1.82, 2.24) is 0 Å². The van der Waals surface area contributed by atoms with Crippen LogP contribution >= 0.6 is 0 Å². The number of ether oxygens (including phenoxy) is 1. The zero-order valence-corrected chi connectivity index (χ0v) is 19.1. The van der Waals surface area contributed by atoms with Crippen LogP contribution < -0.4 is 5.73 Å². The maximum absolute atomic E-state index is 12.7. The fourth-order valence-corrected chi connectivity index (χ4v) is 5.84. The van der Waals surface area contributed by atoms with Crippen molar-refractivity contribution in [1.29, 1.82) is 0 Å². The van der Waals surface area contributed by atoms with Gasteiger partial charge in [-0.3, -0.25) is 19.4 Å². The highest BCUT2D eigenvalue weighted by atomic mass is 16.5. The molecular weight excluding hydrogens is 404 g/mol. The molecule has 0 radical (unpaired) electrons. The first kappa shape index (κ1) is 23.6. The molecule has 4 atom stereocenters. The number of allylic oxidation sites excluding steroid dienone is 7. The van der Waals surface area contributed by atoms with Crippen LogP contribution in [0.2, 0.25) is 0 Å². The first-order valence-electron chi connectivity index (χ1n) is 11.0. The molecule has 172 valence electrons. The fourth-order valence-electron chi connectivity index (χ4n) is 5.84. The van der Waals surface area contributed by atoms with Crippen LogP contribution in [0.25, 0.3) is 0 Å². The molecule has 0 aromatic heterocycles. The summed E-state index contributed by atoms with van der Waals surface area (Å²) < 4.78 is 4.95. The summed E-state index contributed by atoms with van der Waals surface area (Å²) in [5.74, 6) is 0.394. The molecule has 2 N–H and O–H groups in total. The van der Waals surface area contributed by atoms with Crippen LogP contribution in [0.3, 0.4) is 0 Å². The molecule has 1 saturated carbocycles. The van der Waals surface area contributed by atoms with Gasteiger partial charge < -0.3 is 10.5 Å². The van der Waals surface area contributed by atoms with Crippen LogP contribution in [0.1, 0.15) is 47.9 Å². The van der Waals surface area contributed by atoms with Gasteiger partial charge in [0, 0.05) is 37.2 Å².